The number of nitrogens with zero attached hydrogens (tertiary/aromatic N) is 3. The van der Waals surface area contributed by atoms with E-state index in [0.29, 0.717) is 11.9 Å². The normalized spacial score (nSPS) is 30.9. The first kappa shape index (κ1) is 16.3. The predicted molar refractivity (Wildman–Crippen MR) is 104 cm³/mol. The van der Waals surface area contributed by atoms with Crippen molar-refractivity contribution in [2.45, 2.75) is 56.9 Å². The van der Waals surface area contributed by atoms with E-state index < -0.39 is 5.54 Å². The molecular formula is C22H24N4O2. The SMILES string of the molecule is Cc1onc2c1CC1(CC2)Cc2ccc(C3CC3)cc2C12N=C(N)N(C)C2=O. The molecular weight excluding hydrogens is 352 g/mol. The van der Waals surface area contributed by atoms with Crippen molar-refractivity contribution < 1.29 is 9.32 Å². The number of hydrogen-bond donors (Lipinski definition) is 1. The molecule has 2 aromatic rings. The Morgan fingerprint density at radius 3 is 2.82 bits per heavy atom. The minimum absolute atomic E-state index is 0.00857. The highest BCUT2D eigenvalue weighted by molar-refractivity contribution is 6.08. The van der Waals surface area contributed by atoms with E-state index in [1.165, 1.54) is 28.9 Å². The molecule has 2 heterocycles. The Labute approximate surface area is 163 Å². The fourth-order valence-corrected chi connectivity index (χ4v) is 5.80. The van der Waals surface area contributed by atoms with Crippen molar-refractivity contribution in [1.29, 1.82) is 0 Å². The molecule has 1 aromatic carbocycles. The van der Waals surface area contributed by atoms with Gasteiger partial charge in [-0.05, 0) is 68.1 Å². The maximum absolute atomic E-state index is 13.7. The zero-order valence-electron chi connectivity index (χ0n) is 16.3. The molecule has 2 N–H and O–H groups in total. The van der Waals surface area contributed by atoms with Crippen molar-refractivity contribution in [2.24, 2.45) is 16.1 Å². The minimum Gasteiger partial charge on any atom is -0.369 e. The minimum atomic E-state index is -0.923. The zero-order valence-corrected chi connectivity index (χ0v) is 16.3. The number of likely N-dealkylation sites (N-methyl/N-ethyl adjacent to an activating group) is 1. The fraction of sp³-hybridized carbons (Fsp3) is 0.500. The van der Waals surface area contributed by atoms with Crippen LogP contribution in [0.15, 0.2) is 27.7 Å². The monoisotopic (exact) mass is 376 g/mol. The molecule has 0 radical (unpaired) electrons. The molecule has 1 fully saturated rings. The van der Waals surface area contributed by atoms with E-state index in [2.05, 4.69) is 23.4 Å². The Morgan fingerprint density at radius 2 is 2.11 bits per heavy atom. The van der Waals surface area contributed by atoms with Gasteiger partial charge in [-0.3, -0.25) is 9.69 Å². The van der Waals surface area contributed by atoms with Gasteiger partial charge in [0, 0.05) is 18.0 Å². The molecule has 2 atom stereocenters. The highest BCUT2D eigenvalue weighted by Crippen LogP contribution is 2.61. The van der Waals surface area contributed by atoms with Gasteiger partial charge in [0.25, 0.3) is 5.91 Å². The summed E-state index contributed by atoms with van der Waals surface area (Å²) < 4.78 is 5.47. The van der Waals surface area contributed by atoms with E-state index in [-0.39, 0.29) is 11.3 Å². The summed E-state index contributed by atoms with van der Waals surface area (Å²) in [6.45, 7) is 1.96. The number of carbonyl (C=O) groups excluding carboxylic acids is 1. The summed E-state index contributed by atoms with van der Waals surface area (Å²) in [6.07, 6.45) is 5.73. The first-order chi connectivity index (χ1) is 13.4. The number of fused-ring (bicyclic) bond motifs is 4. The van der Waals surface area contributed by atoms with Crippen LogP contribution < -0.4 is 5.73 Å². The number of rotatable bonds is 1. The lowest BCUT2D eigenvalue weighted by atomic mass is 9.61. The molecule has 0 bridgehead atoms. The summed E-state index contributed by atoms with van der Waals surface area (Å²) in [5.41, 5.74) is 10.8. The Bertz CT molecular complexity index is 1070. The predicted octanol–water partition coefficient (Wildman–Crippen LogP) is 2.57. The van der Waals surface area contributed by atoms with Crippen LogP contribution in [0.25, 0.3) is 0 Å². The summed E-state index contributed by atoms with van der Waals surface area (Å²) in [5.74, 6) is 1.82. The number of nitrogens with two attached hydrogens (primary N) is 1. The van der Waals surface area contributed by atoms with Crippen molar-refractivity contribution in [3.8, 4) is 0 Å². The van der Waals surface area contributed by atoms with Crippen LogP contribution in [0.3, 0.4) is 0 Å². The topological polar surface area (TPSA) is 84.7 Å². The van der Waals surface area contributed by atoms with Crippen LogP contribution in [0.1, 0.15) is 58.9 Å². The van der Waals surface area contributed by atoms with Crippen LogP contribution in [0.2, 0.25) is 0 Å². The van der Waals surface area contributed by atoms with Gasteiger partial charge in [0.05, 0.1) is 5.69 Å². The third-order valence-electron chi connectivity index (χ3n) is 7.53. The van der Waals surface area contributed by atoms with Gasteiger partial charge in [-0.15, -0.1) is 0 Å². The lowest BCUT2D eigenvalue weighted by Gasteiger charge is -2.43. The number of guanidine groups is 1. The number of aliphatic imine (C=N–C) groups is 1. The number of aryl methyl sites for hydroxylation is 2. The third-order valence-corrected chi connectivity index (χ3v) is 7.53. The molecule has 144 valence electrons. The number of amides is 1. The number of benzene rings is 1. The van der Waals surface area contributed by atoms with Gasteiger partial charge in [0.1, 0.15) is 5.76 Å². The van der Waals surface area contributed by atoms with Crippen molar-refractivity contribution >= 4 is 11.9 Å². The zero-order chi connectivity index (χ0) is 19.3. The van der Waals surface area contributed by atoms with Crippen LogP contribution in [0.4, 0.5) is 0 Å². The van der Waals surface area contributed by atoms with Gasteiger partial charge in [-0.1, -0.05) is 23.4 Å². The largest absolute Gasteiger partial charge is 0.369 e. The molecule has 2 spiro atoms. The Hall–Kier alpha value is -2.63. The Morgan fingerprint density at radius 1 is 1.29 bits per heavy atom. The second kappa shape index (κ2) is 5.04. The molecule has 1 aromatic heterocycles. The summed E-state index contributed by atoms with van der Waals surface area (Å²) in [4.78, 5) is 20.2. The average molecular weight is 376 g/mol. The van der Waals surface area contributed by atoms with Crippen LogP contribution >= 0.6 is 0 Å². The van der Waals surface area contributed by atoms with E-state index in [9.17, 15) is 4.79 Å². The lowest BCUT2D eigenvalue weighted by Crippen LogP contribution is -2.51. The van der Waals surface area contributed by atoms with Crippen LogP contribution in [-0.4, -0.2) is 29.0 Å². The van der Waals surface area contributed by atoms with E-state index in [1.807, 2.05) is 6.92 Å². The fourth-order valence-electron chi connectivity index (χ4n) is 5.80. The molecule has 6 nitrogen and oxygen atoms in total. The van der Waals surface area contributed by atoms with E-state index in [4.69, 9.17) is 15.2 Å². The Balaban J connectivity index is 1.58. The molecule has 2 unspecified atom stereocenters. The lowest BCUT2D eigenvalue weighted by molar-refractivity contribution is -0.135. The van der Waals surface area contributed by atoms with Crippen LogP contribution in [-0.2, 0) is 29.6 Å². The van der Waals surface area contributed by atoms with Crippen molar-refractivity contribution in [3.63, 3.8) is 0 Å². The highest BCUT2D eigenvalue weighted by Gasteiger charge is 2.66. The maximum atomic E-state index is 13.7. The second-order valence-electron chi connectivity index (χ2n) is 9.03. The van der Waals surface area contributed by atoms with Gasteiger partial charge in [-0.2, -0.15) is 0 Å². The van der Waals surface area contributed by atoms with Gasteiger partial charge in [0.2, 0.25) is 0 Å². The van der Waals surface area contributed by atoms with Gasteiger partial charge in [-0.25, -0.2) is 4.99 Å². The van der Waals surface area contributed by atoms with Gasteiger partial charge >= 0.3 is 0 Å². The first-order valence-electron chi connectivity index (χ1n) is 10.2. The van der Waals surface area contributed by atoms with E-state index in [0.717, 1.165) is 48.3 Å². The molecule has 1 amide bonds. The average Bonchev–Trinajstić information content (AvgIpc) is 3.39. The van der Waals surface area contributed by atoms with Crippen molar-refractivity contribution in [2.75, 3.05) is 7.05 Å². The van der Waals surface area contributed by atoms with Gasteiger partial charge < -0.3 is 10.3 Å². The third kappa shape index (κ3) is 1.81. The first-order valence-corrected chi connectivity index (χ1v) is 10.2. The van der Waals surface area contributed by atoms with Crippen molar-refractivity contribution in [3.05, 3.63) is 51.9 Å². The maximum Gasteiger partial charge on any atom is 0.262 e. The summed E-state index contributed by atoms with van der Waals surface area (Å²) >= 11 is 0. The Kier molecular flexibility index (Phi) is 2.94. The molecule has 1 saturated carbocycles. The highest BCUT2D eigenvalue weighted by atomic mass is 16.5. The van der Waals surface area contributed by atoms with Crippen LogP contribution in [0, 0.1) is 12.3 Å². The summed E-state index contributed by atoms with van der Waals surface area (Å²) in [7, 11) is 1.74. The molecule has 28 heavy (non-hydrogen) atoms. The number of aromatic nitrogens is 1. The number of hydrogen-bond acceptors (Lipinski definition) is 5. The molecule has 0 saturated heterocycles. The summed E-state index contributed by atoms with van der Waals surface area (Å²) in [6, 6.07) is 6.73. The molecule has 3 aliphatic carbocycles. The molecule has 4 aliphatic rings. The van der Waals surface area contributed by atoms with E-state index in [1.54, 1.807) is 7.05 Å². The second-order valence-corrected chi connectivity index (χ2v) is 9.03. The van der Waals surface area contributed by atoms with Gasteiger partial charge in [0.15, 0.2) is 11.5 Å². The standard InChI is InChI=1S/C22H24N4O2/c1-12-16-11-21(8-7-18(16)25-28-12)10-15-6-5-14(13-3-4-13)9-17(15)22(21)19(27)26(2)20(23)24-22/h5-6,9,13H,3-4,7-8,10-11H2,1-2H3,(H2,23,24). The smallest absolute Gasteiger partial charge is 0.262 e. The molecule has 6 heteroatoms. The van der Waals surface area contributed by atoms with Crippen LogP contribution in [0.5, 0.6) is 0 Å². The molecule has 1 aliphatic heterocycles. The quantitative estimate of drug-likeness (QED) is 0.829. The number of carbonyl (C=O) groups is 1. The van der Waals surface area contributed by atoms with Crippen molar-refractivity contribution in [1.82, 2.24) is 10.1 Å². The molecule has 6 rings (SSSR count). The summed E-state index contributed by atoms with van der Waals surface area (Å²) in [5, 5.41) is 4.24. The van der Waals surface area contributed by atoms with E-state index >= 15 is 0 Å².